The number of allylic oxidation sites excluding steroid dienone is 5. The van der Waals surface area contributed by atoms with Crippen molar-refractivity contribution < 1.29 is 0 Å². The van der Waals surface area contributed by atoms with Gasteiger partial charge in [0.1, 0.15) is 12.1 Å². The normalized spacial score (nSPS) is 19.8. The molecule has 2 aliphatic heterocycles. The van der Waals surface area contributed by atoms with Crippen LogP contribution in [-0.2, 0) is 6.42 Å². The molecule has 1 spiro atoms. The van der Waals surface area contributed by atoms with E-state index in [0.717, 1.165) is 37.3 Å². The van der Waals surface area contributed by atoms with Crippen LogP contribution in [0.25, 0.3) is 10.9 Å². The van der Waals surface area contributed by atoms with Gasteiger partial charge < -0.3 is 9.80 Å². The van der Waals surface area contributed by atoms with E-state index in [-0.39, 0.29) is 0 Å². The highest BCUT2D eigenvalue weighted by Crippen LogP contribution is 2.43. The minimum atomic E-state index is 0.498. The highest BCUT2D eigenvalue weighted by molar-refractivity contribution is 5.90. The van der Waals surface area contributed by atoms with Crippen molar-refractivity contribution in [1.29, 1.82) is 0 Å². The fraction of sp³-hybridized carbons (Fsp3) is 0.440. The lowest BCUT2D eigenvalue weighted by atomic mass is 9.72. The van der Waals surface area contributed by atoms with Crippen LogP contribution in [-0.4, -0.2) is 48.1 Å². The average molecular weight is 389 g/mol. The Morgan fingerprint density at radius 3 is 2.72 bits per heavy atom. The maximum absolute atomic E-state index is 4.68. The molecule has 0 unspecified atom stereocenters. The Bertz CT molecular complexity index is 927. The van der Waals surface area contributed by atoms with Crippen molar-refractivity contribution in [3.8, 4) is 0 Å². The van der Waals surface area contributed by atoms with Crippen LogP contribution >= 0.6 is 0 Å². The molecule has 1 aromatic heterocycles. The molecule has 29 heavy (non-hydrogen) atoms. The summed E-state index contributed by atoms with van der Waals surface area (Å²) in [4.78, 5) is 14.1. The minimum Gasteiger partial charge on any atom is -0.355 e. The second-order valence-electron chi connectivity index (χ2n) is 8.68. The zero-order valence-corrected chi connectivity index (χ0v) is 17.8. The second-order valence-corrected chi connectivity index (χ2v) is 8.68. The number of fused-ring (bicyclic) bond motifs is 1. The molecule has 2 fully saturated rings. The highest BCUT2D eigenvalue weighted by Gasteiger charge is 2.45. The molecule has 0 bridgehead atoms. The lowest BCUT2D eigenvalue weighted by Gasteiger charge is -2.54. The van der Waals surface area contributed by atoms with Crippen molar-refractivity contribution in [2.24, 2.45) is 5.41 Å². The van der Waals surface area contributed by atoms with E-state index in [2.05, 4.69) is 63.7 Å². The van der Waals surface area contributed by atoms with Gasteiger partial charge in [0.05, 0.1) is 5.52 Å². The topological polar surface area (TPSA) is 32.3 Å². The van der Waals surface area contributed by atoms with E-state index < -0.39 is 0 Å². The number of aromatic nitrogens is 2. The summed E-state index contributed by atoms with van der Waals surface area (Å²) in [5, 5.41) is 1.19. The summed E-state index contributed by atoms with van der Waals surface area (Å²) in [5.41, 5.74) is 4.13. The summed E-state index contributed by atoms with van der Waals surface area (Å²) in [6.45, 7) is 10.7. The highest BCUT2D eigenvalue weighted by atomic mass is 15.3. The van der Waals surface area contributed by atoms with E-state index in [1.54, 1.807) is 6.33 Å². The fourth-order valence-electron chi connectivity index (χ4n) is 4.58. The zero-order valence-electron chi connectivity index (χ0n) is 17.8. The Kier molecular flexibility index (Phi) is 5.81. The third-order valence-corrected chi connectivity index (χ3v) is 6.55. The predicted octanol–water partition coefficient (Wildman–Crippen LogP) is 4.78. The molecule has 2 saturated heterocycles. The molecular formula is C25H32N4. The SMILES string of the molecule is C=C/C(=C\C=C/C)CCc1ccc2ncnc(N3CC4(CCN(C)CC4)C3)c2c1. The van der Waals surface area contributed by atoms with E-state index in [0.29, 0.717) is 5.41 Å². The smallest absolute Gasteiger partial charge is 0.139 e. The maximum atomic E-state index is 4.68. The average Bonchev–Trinajstić information content (AvgIpc) is 2.73. The van der Waals surface area contributed by atoms with Crippen LogP contribution in [0.15, 0.2) is 61.0 Å². The van der Waals surface area contributed by atoms with E-state index in [1.165, 1.54) is 42.5 Å². The molecule has 2 aromatic rings. The Morgan fingerprint density at radius 2 is 2.00 bits per heavy atom. The van der Waals surface area contributed by atoms with Crippen molar-refractivity contribution >= 4 is 16.7 Å². The van der Waals surface area contributed by atoms with E-state index in [1.807, 2.05) is 19.1 Å². The van der Waals surface area contributed by atoms with Crippen molar-refractivity contribution in [1.82, 2.24) is 14.9 Å². The van der Waals surface area contributed by atoms with Gasteiger partial charge in [0.2, 0.25) is 0 Å². The van der Waals surface area contributed by atoms with Gasteiger partial charge in [0, 0.05) is 23.9 Å². The number of hydrogen-bond acceptors (Lipinski definition) is 4. The molecule has 0 saturated carbocycles. The first-order valence-electron chi connectivity index (χ1n) is 10.7. The van der Waals surface area contributed by atoms with Crippen LogP contribution in [0.2, 0.25) is 0 Å². The summed E-state index contributed by atoms with van der Waals surface area (Å²) in [6.07, 6.45) is 14.5. The number of nitrogens with zero attached hydrogens (tertiary/aromatic N) is 4. The second kappa shape index (κ2) is 8.50. The largest absolute Gasteiger partial charge is 0.355 e. The van der Waals surface area contributed by atoms with Gasteiger partial charge >= 0.3 is 0 Å². The third kappa shape index (κ3) is 4.27. The van der Waals surface area contributed by atoms with Crippen LogP contribution in [0.1, 0.15) is 31.7 Å². The minimum absolute atomic E-state index is 0.498. The molecule has 0 amide bonds. The number of likely N-dealkylation sites (tertiary alicyclic amines) is 1. The van der Waals surface area contributed by atoms with Crippen LogP contribution in [0.4, 0.5) is 5.82 Å². The molecule has 1 aromatic carbocycles. The standard InChI is InChI=1S/C25H32N4/c1-4-6-7-20(5-2)8-9-21-10-11-23-22(16-21)24(27-19-26-23)29-17-25(18-29)12-14-28(3)15-13-25/h4-7,10-11,16,19H,2,8-9,12-15,17-18H2,1,3H3/b6-4-,20-7+. The maximum Gasteiger partial charge on any atom is 0.139 e. The summed E-state index contributed by atoms with van der Waals surface area (Å²) in [5.74, 6) is 1.11. The van der Waals surface area contributed by atoms with Gasteiger partial charge in [-0.2, -0.15) is 0 Å². The van der Waals surface area contributed by atoms with Gasteiger partial charge in [-0.15, -0.1) is 0 Å². The predicted molar refractivity (Wildman–Crippen MR) is 122 cm³/mol. The monoisotopic (exact) mass is 388 g/mol. The van der Waals surface area contributed by atoms with Gasteiger partial charge in [-0.1, -0.05) is 36.9 Å². The zero-order chi connectivity index (χ0) is 20.3. The molecule has 0 radical (unpaired) electrons. The Hall–Kier alpha value is -2.46. The Balaban J connectivity index is 1.51. The molecule has 4 heteroatoms. The first-order valence-corrected chi connectivity index (χ1v) is 10.7. The summed E-state index contributed by atoms with van der Waals surface area (Å²) in [7, 11) is 2.23. The van der Waals surface area contributed by atoms with Crippen molar-refractivity contribution in [2.45, 2.75) is 32.6 Å². The first-order chi connectivity index (χ1) is 14.1. The van der Waals surface area contributed by atoms with Gasteiger partial charge in [0.25, 0.3) is 0 Å². The van der Waals surface area contributed by atoms with Crippen molar-refractivity contribution in [3.05, 3.63) is 66.5 Å². The van der Waals surface area contributed by atoms with Crippen LogP contribution < -0.4 is 4.90 Å². The fourth-order valence-corrected chi connectivity index (χ4v) is 4.58. The van der Waals surface area contributed by atoms with Crippen LogP contribution in [0.3, 0.4) is 0 Å². The Labute approximate surface area is 174 Å². The van der Waals surface area contributed by atoms with Crippen molar-refractivity contribution in [3.63, 3.8) is 0 Å². The molecule has 0 aliphatic carbocycles. The molecule has 152 valence electrons. The number of anilines is 1. The van der Waals surface area contributed by atoms with Crippen molar-refractivity contribution in [2.75, 3.05) is 38.1 Å². The molecule has 2 aliphatic rings. The summed E-state index contributed by atoms with van der Waals surface area (Å²) < 4.78 is 0. The number of rotatable bonds is 6. The van der Waals surface area contributed by atoms with Crippen LogP contribution in [0.5, 0.6) is 0 Å². The Morgan fingerprint density at radius 1 is 1.21 bits per heavy atom. The van der Waals surface area contributed by atoms with Gasteiger partial charge in [0.15, 0.2) is 0 Å². The van der Waals surface area contributed by atoms with Gasteiger partial charge in [-0.25, -0.2) is 9.97 Å². The number of aryl methyl sites for hydroxylation is 1. The van der Waals surface area contributed by atoms with Gasteiger partial charge in [-0.3, -0.25) is 0 Å². The molecule has 0 atom stereocenters. The molecule has 0 N–H and O–H groups in total. The molecule has 4 nitrogen and oxygen atoms in total. The van der Waals surface area contributed by atoms with E-state index in [4.69, 9.17) is 0 Å². The molecule has 3 heterocycles. The lowest BCUT2D eigenvalue weighted by Crippen LogP contribution is -2.60. The van der Waals surface area contributed by atoms with Crippen LogP contribution in [0, 0.1) is 5.41 Å². The molecular weight excluding hydrogens is 356 g/mol. The summed E-state index contributed by atoms with van der Waals surface area (Å²) >= 11 is 0. The third-order valence-electron chi connectivity index (χ3n) is 6.55. The number of hydrogen-bond donors (Lipinski definition) is 0. The van der Waals surface area contributed by atoms with Gasteiger partial charge in [-0.05, 0) is 76.0 Å². The number of piperidine rings is 1. The number of benzene rings is 1. The quantitative estimate of drug-likeness (QED) is 0.667. The van der Waals surface area contributed by atoms with E-state index >= 15 is 0 Å². The lowest BCUT2D eigenvalue weighted by molar-refractivity contribution is 0.0902. The first kappa shape index (κ1) is 19.8. The molecule has 4 rings (SSSR count). The summed E-state index contributed by atoms with van der Waals surface area (Å²) in [6, 6.07) is 6.63. The van der Waals surface area contributed by atoms with E-state index in [9.17, 15) is 0 Å².